The van der Waals surface area contributed by atoms with Crippen molar-refractivity contribution in [3.8, 4) is 11.5 Å². The van der Waals surface area contributed by atoms with Crippen molar-refractivity contribution in [1.82, 2.24) is 9.55 Å². The van der Waals surface area contributed by atoms with Gasteiger partial charge in [0.15, 0.2) is 11.5 Å². The van der Waals surface area contributed by atoms with Crippen LogP contribution in [0.2, 0.25) is 0 Å². The van der Waals surface area contributed by atoms with Crippen LogP contribution in [0.4, 0.5) is 5.95 Å². The Kier molecular flexibility index (Phi) is 6.23. The number of nitrogens with zero attached hydrogens (tertiary/aromatic N) is 2. The minimum Gasteiger partial charge on any atom is -0.493 e. The molecular weight excluding hydrogens is 458 g/mol. The maximum atomic E-state index is 13.3. The predicted octanol–water partition coefficient (Wildman–Crippen LogP) is 4.84. The molecule has 1 aromatic heterocycles. The number of methoxy groups -OCH3 is 2. The minimum atomic E-state index is -0.0926. The average molecular weight is 480 g/mol. The Balaban J connectivity index is 1.72. The molecule has 0 radical (unpaired) electrons. The highest BCUT2D eigenvalue weighted by Crippen LogP contribution is 2.28. The van der Waals surface area contributed by atoms with Crippen molar-refractivity contribution >= 4 is 32.8 Å². The molecule has 0 unspecified atom stereocenters. The van der Waals surface area contributed by atoms with Gasteiger partial charge in [-0.05, 0) is 41.5 Å². The summed E-state index contributed by atoms with van der Waals surface area (Å²) in [7, 11) is 3.21. The number of halogens is 1. The Labute approximate surface area is 188 Å². The zero-order valence-corrected chi connectivity index (χ0v) is 18.8. The van der Waals surface area contributed by atoms with Crippen LogP contribution < -0.4 is 20.3 Å². The molecule has 0 amide bonds. The van der Waals surface area contributed by atoms with Crippen molar-refractivity contribution in [3.05, 3.63) is 92.7 Å². The van der Waals surface area contributed by atoms with Gasteiger partial charge in [-0.1, -0.05) is 52.3 Å². The first-order chi connectivity index (χ1) is 15.1. The lowest BCUT2D eigenvalue weighted by Gasteiger charge is -2.16. The molecule has 0 fully saturated rings. The number of nitrogens with one attached hydrogen (secondary N) is 1. The highest BCUT2D eigenvalue weighted by atomic mass is 79.9. The van der Waals surface area contributed by atoms with Gasteiger partial charge in [0.2, 0.25) is 5.95 Å². The molecule has 1 heterocycles. The van der Waals surface area contributed by atoms with Crippen molar-refractivity contribution in [1.29, 1.82) is 0 Å². The van der Waals surface area contributed by atoms with Crippen LogP contribution in [0.5, 0.6) is 11.5 Å². The summed E-state index contributed by atoms with van der Waals surface area (Å²) < 4.78 is 13.2. The maximum absolute atomic E-state index is 13.3. The molecule has 0 aliphatic carbocycles. The van der Waals surface area contributed by atoms with Crippen LogP contribution in [0.15, 0.2) is 76.0 Å². The predicted molar refractivity (Wildman–Crippen MR) is 126 cm³/mol. The second-order valence-electron chi connectivity index (χ2n) is 7.02. The first-order valence-electron chi connectivity index (χ1n) is 9.78. The van der Waals surface area contributed by atoms with E-state index in [4.69, 9.17) is 14.5 Å². The number of rotatable bonds is 7. The quantitative estimate of drug-likeness (QED) is 0.410. The zero-order chi connectivity index (χ0) is 21.8. The summed E-state index contributed by atoms with van der Waals surface area (Å²) in [4.78, 5) is 18.1. The molecule has 3 aromatic carbocycles. The Hall–Kier alpha value is -3.32. The number of fused-ring (bicyclic) bond motifs is 1. The number of ether oxygens (including phenoxy) is 2. The molecule has 158 valence electrons. The van der Waals surface area contributed by atoms with Crippen molar-refractivity contribution in [2.45, 2.75) is 13.1 Å². The van der Waals surface area contributed by atoms with Gasteiger partial charge >= 0.3 is 0 Å². The standard InChI is InChI=1S/C24H22BrN3O3/c1-30-21-11-8-17(12-22(21)31-2)14-26-24-27-20-10-9-18(25)13-19(20)23(29)28(24)15-16-6-4-3-5-7-16/h3-13H,14-15H2,1-2H3,(H,26,27). The van der Waals surface area contributed by atoms with E-state index in [0.29, 0.717) is 41.4 Å². The van der Waals surface area contributed by atoms with E-state index < -0.39 is 0 Å². The summed E-state index contributed by atoms with van der Waals surface area (Å²) in [6.07, 6.45) is 0. The zero-order valence-electron chi connectivity index (χ0n) is 17.3. The van der Waals surface area contributed by atoms with E-state index in [0.717, 1.165) is 15.6 Å². The van der Waals surface area contributed by atoms with Crippen LogP contribution in [0.25, 0.3) is 10.9 Å². The summed E-state index contributed by atoms with van der Waals surface area (Å²) in [5, 5.41) is 3.90. The summed E-state index contributed by atoms with van der Waals surface area (Å²) in [5.41, 5.74) is 2.56. The van der Waals surface area contributed by atoms with E-state index in [1.165, 1.54) is 0 Å². The SMILES string of the molecule is COc1ccc(CNc2nc3ccc(Br)cc3c(=O)n2Cc2ccccc2)cc1OC. The van der Waals surface area contributed by atoms with Crippen LogP contribution >= 0.6 is 15.9 Å². The summed E-state index contributed by atoms with van der Waals surface area (Å²) in [6.45, 7) is 0.896. The lowest BCUT2D eigenvalue weighted by Crippen LogP contribution is -2.25. The van der Waals surface area contributed by atoms with Gasteiger partial charge in [-0.2, -0.15) is 0 Å². The van der Waals surface area contributed by atoms with E-state index in [9.17, 15) is 4.79 Å². The number of benzene rings is 3. The highest BCUT2D eigenvalue weighted by Gasteiger charge is 2.13. The Morgan fingerprint density at radius 1 is 0.935 bits per heavy atom. The molecule has 0 aliphatic heterocycles. The van der Waals surface area contributed by atoms with Crippen LogP contribution in [0, 0.1) is 0 Å². The van der Waals surface area contributed by atoms with E-state index in [1.807, 2.05) is 66.7 Å². The van der Waals surface area contributed by atoms with Crippen LogP contribution in [0.3, 0.4) is 0 Å². The van der Waals surface area contributed by atoms with Gasteiger partial charge in [0, 0.05) is 11.0 Å². The summed E-state index contributed by atoms with van der Waals surface area (Å²) >= 11 is 3.45. The number of anilines is 1. The third-order valence-electron chi connectivity index (χ3n) is 5.00. The second kappa shape index (κ2) is 9.22. The van der Waals surface area contributed by atoms with E-state index in [2.05, 4.69) is 21.2 Å². The van der Waals surface area contributed by atoms with E-state index >= 15 is 0 Å². The lowest BCUT2D eigenvalue weighted by atomic mass is 10.2. The molecule has 0 bridgehead atoms. The van der Waals surface area contributed by atoms with Gasteiger partial charge in [-0.15, -0.1) is 0 Å². The van der Waals surface area contributed by atoms with Crippen molar-refractivity contribution in [3.63, 3.8) is 0 Å². The maximum Gasteiger partial charge on any atom is 0.263 e. The molecular formula is C24H22BrN3O3. The van der Waals surface area contributed by atoms with Gasteiger partial charge in [0.25, 0.3) is 5.56 Å². The van der Waals surface area contributed by atoms with Gasteiger partial charge in [0.1, 0.15) is 0 Å². The monoisotopic (exact) mass is 479 g/mol. The molecule has 0 spiro atoms. The van der Waals surface area contributed by atoms with Crippen molar-refractivity contribution < 1.29 is 9.47 Å². The number of hydrogen-bond donors (Lipinski definition) is 1. The second-order valence-corrected chi connectivity index (χ2v) is 7.93. The summed E-state index contributed by atoms with van der Waals surface area (Å²) in [6, 6.07) is 21.1. The average Bonchev–Trinajstić information content (AvgIpc) is 2.80. The van der Waals surface area contributed by atoms with Crippen LogP contribution in [0.1, 0.15) is 11.1 Å². The first-order valence-corrected chi connectivity index (χ1v) is 10.6. The largest absolute Gasteiger partial charge is 0.493 e. The molecule has 0 atom stereocenters. The molecule has 6 nitrogen and oxygen atoms in total. The van der Waals surface area contributed by atoms with Gasteiger partial charge in [-0.3, -0.25) is 9.36 Å². The molecule has 7 heteroatoms. The lowest BCUT2D eigenvalue weighted by molar-refractivity contribution is 0.354. The van der Waals surface area contributed by atoms with Crippen LogP contribution in [-0.2, 0) is 13.1 Å². The molecule has 1 N–H and O–H groups in total. The number of aromatic nitrogens is 2. The Bertz CT molecular complexity index is 1270. The first kappa shape index (κ1) is 20.9. The molecule has 0 saturated heterocycles. The molecule has 0 aliphatic rings. The number of hydrogen-bond acceptors (Lipinski definition) is 5. The van der Waals surface area contributed by atoms with Crippen molar-refractivity contribution in [2.24, 2.45) is 0 Å². The molecule has 4 aromatic rings. The van der Waals surface area contributed by atoms with Crippen LogP contribution in [-0.4, -0.2) is 23.8 Å². The molecule has 4 rings (SSSR count). The molecule has 31 heavy (non-hydrogen) atoms. The highest BCUT2D eigenvalue weighted by molar-refractivity contribution is 9.10. The van der Waals surface area contributed by atoms with E-state index in [-0.39, 0.29) is 5.56 Å². The Morgan fingerprint density at radius 2 is 1.71 bits per heavy atom. The normalized spacial score (nSPS) is 10.8. The van der Waals surface area contributed by atoms with Gasteiger partial charge < -0.3 is 14.8 Å². The topological polar surface area (TPSA) is 65.4 Å². The van der Waals surface area contributed by atoms with E-state index in [1.54, 1.807) is 18.8 Å². The van der Waals surface area contributed by atoms with Gasteiger partial charge in [-0.25, -0.2) is 4.98 Å². The summed E-state index contributed by atoms with van der Waals surface area (Å²) in [5.74, 6) is 1.83. The van der Waals surface area contributed by atoms with Crippen molar-refractivity contribution in [2.75, 3.05) is 19.5 Å². The third-order valence-corrected chi connectivity index (χ3v) is 5.49. The van der Waals surface area contributed by atoms with Gasteiger partial charge in [0.05, 0.1) is 31.7 Å². The third kappa shape index (κ3) is 4.56. The fourth-order valence-corrected chi connectivity index (χ4v) is 3.77. The smallest absolute Gasteiger partial charge is 0.263 e. The minimum absolute atomic E-state index is 0.0926. The fourth-order valence-electron chi connectivity index (χ4n) is 3.41. The fraction of sp³-hybridized carbons (Fsp3) is 0.167. The Morgan fingerprint density at radius 3 is 2.45 bits per heavy atom. The molecule has 0 saturated carbocycles.